The van der Waals surface area contributed by atoms with Gasteiger partial charge in [-0.1, -0.05) is 67.4 Å². The summed E-state index contributed by atoms with van der Waals surface area (Å²) in [4.78, 5) is 4.71. The molecule has 0 fully saturated rings. The van der Waals surface area contributed by atoms with Crippen molar-refractivity contribution in [2.75, 3.05) is 19.8 Å². The molecule has 31 heavy (non-hydrogen) atoms. The summed E-state index contributed by atoms with van der Waals surface area (Å²) < 4.78 is 0. The average Bonchev–Trinajstić information content (AvgIpc) is 3.12. The van der Waals surface area contributed by atoms with Crippen LogP contribution in [0.25, 0.3) is 0 Å². The molecular formula is C27H47N3O. The van der Waals surface area contributed by atoms with Crippen LogP contribution in [-0.2, 0) is 10.8 Å². The molecule has 1 aliphatic rings. The van der Waals surface area contributed by atoms with E-state index in [1.54, 1.807) is 0 Å². The number of phenolic OH excluding ortho intramolecular Hbond substituents is 1. The lowest BCUT2D eigenvalue weighted by molar-refractivity contribution is 0.228. The maximum atomic E-state index is 11.3. The minimum absolute atomic E-state index is 0.0401. The minimum Gasteiger partial charge on any atom is -0.507 e. The van der Waals surface area contributed by atoms with Crippen LogP contribution in [0.1, 0.15) is 104 Å². The topological polar surface area (TPSA) is 38.7 Å². The Hall–Kier alpha value is -1.68. The van der Waals surface area contributed by atoms with Gasteiger partial charge in [0.2, 0.25) is 0 Å². The number of hydrogen-bond acceptors (Lipinski definition) is 4. The highest BCUT2D eigenvalue weighted by Gasteiger charge is 2.27. The molecule has 0 radical (unpaired) electrons. The molecule has 1 atom stereocenters. The Kier molecular flexibility index (Phi) is 8.49. The summed E-state index contributed by atoms with van der Waals surface area (Å²) in [6.45, 7) is 22.8. The van der Waals surface area contributed by atoms with Crippen molar-refractivity contribution in [2.24, 2.45) is 0 Å². The molecule has 2 N–H and O–H groups in total. The predicted octanol–water partition coefficient (Wildman–Crippen LogP) is 6.26. The monoisotopic (exact) mass is 429 g/mol. The molecule has 2 rings (SSSR count). The van der Waals surface area contributed by atoms with E-state index >= 15 is 0 Å². The Morgan fingerprint density at radius 2 is 1.71 bits per heavy atom. The quantitative estimate of drug-likeness (QED) is 0.486. The minimum atomic E-state index is -0.101. The second-order valence-electron chi connectivity index (χ2n) is 11.5. The van der Waals surface area contributed by atoms with Gasteiger partial charge in [-0.2, -0.15) is 0 Å². The third kappa shape index (κ3) is 6.90. The summed E-state index contributed by atoms with van der Waals surface area (Å²) in [5.41, 5.74) is 3.34. The highest BCUT2D eigenvalue weighted by molar-refractivity contribution is 5.50. The molecule has 1 unspecified atom stereocenters. The average molecular weight is 430 g/mol. The molecule has 0 amide bonds. The van der Waals surface area contributed by atoms with E-state index in [1.807, 2.05) is 0 Å². The fourth-order valence-electron chi connectivity index (χ4n) is 4.05. The SMILES string of the molecule is CCCCC(NCCN1C=CN(C(C)C)C1)c1cc(C(C)(C)C)cc(C(C)(C)C)c1O. The van der Waals surface area contributed by atoms with Gasteiger partial charge in [0.1, 0.15) is 5.75 Å². The zero-order valence-corrected chi connectivity index (χ0v) is 21.5. The Morgan fingerprint density at radius 1 is 1.03 bits per heavy atom. The zero-order valence-electron chi connectivity index (χ0n) is 21.5. The standard InChI is InChI=1S/C27H47N3O/c1-10-11-12-24(28-13-14-29-15-16-30(19-29)20(2)3)22-17-21(26(4,5)6)18-23(25(22)31)27(7,8)9/h15-18,20,24,28,31H,10-14,19H2,1-9H3. The molecule has 0 spiro atoms. The van der Waals surface area contributed by atoms with E-state index in [-0.39, 0.29) is 16.9 Å². The third-order valence-corrected chi connectivity index (χ3v) is 6.30. The van der Waals surface area contributed by atoms with Gasteiger partial charge in [0.25, 0.3) is 0 Å². The molecule has 0 aliphatic carbocycles. The van der Waals surface area contributed by atoms with Crippen LogP contribution in [0.4, 0.5) is 0 Å². The first-order valence-electron chi connectivity index (χ1n) is 12.1. The molecule has 1 heterocycles. The number of hydrogen-bond donors (Lipinski definition) is 2. The van der Waals surface area contributed by atoms with Gasteiger partial charge < -0.3 is 20.2 Å². The van der Waals surface area contributed by atoms with Gasteiger partial charge in [0.15, 0.2) is 0 Å². The summed E-state index contributed by atoms with van der Waals surface area (Å²) in [6.07, 6.45) is 7.72. The Balaban J connectivity index is 2.25. The summed E-state index contributed by atoms with van der Waals surface area (Å²) in [5.74, 6) is 0.473. The van der Waals surface area contributed by atoms with Gasteiger partial charge in [-0.05, 0) is 48.3 Å². The maximum Gasteiger partial charge on any atom is 0.124 e. The second kappa shape index (κ2) is 10.3. The van der Waals surface area contributed by atoms with Crippen LogP contribution in [0.15, 0.2) is 24.5 Å². The first kappa shape index (κ1) is 25.6. The Bertz CT molecular complexity index is 740. The van der Waals surface area contributed by atoms with Crippen LogP contribution in [0.5, 0.6) is 5.75 Å². The van der Waals surface area contributed by atoms with Crippen molar-refractivity contribution in [2.45, 2.75) is 104 Å². The van der Waals surface area contributed by atoms with Crippen LogP contribution in [0, 0.1) is 0 Å². The summed E-state index contributed by atoms with van der Waals surface area (Å²) in [7, 11) is 0. The van der Waals surface area contributed by atoms with E-state index < -0.39 is 0 Å². The Labute approximate surface area is 191 Å². The van der Waals surface area contributed by atoms with Gasteiger partial charge in [-0.15, -0.1) is 0 Å². The van der Waals surface area contributed by atoms with E-state index in [9.17, 15) is 5.11 Å². The highest BCUT2D eigenvalue weighted by Crippen LogP contribution is 2.40. The Morgan fingerprint density at radius 3 is 2.23 bits per heavy atom. The van der Waals surface area contributed by atoms with Gasteiger partial charge in [0, 0.05) is 43.1 Å². The first-order valence-corrected chi connectivity index (χ1v) is 12.1. The van der Waals surface area contributed by atoms with E-state index in [0.29, 0.717) is 11.8 Å². The fraction of sp³-hybridized carbons (Fsp3) is 0.704. The number of rotatable bonds is 9. The first-order chi connectivity index (χ1) is 14.3. The molecule has 4 heteroatoms. The predicted molar refractivity (Wildman–Crippen MR) is 133 cm³/mol. The smallest absolute Gasteiger partial charge is 0.124 e. The summed E-state index contributed by atoms with van der Waals surface area (Å²) >= 11 is 0. The van der Waals surface area contributed by atoms with E-state index in [0.717, 1.165) is 50.1 Å². The molecule has 1 aliphatic heterocycles. The van der Waals surface area contributed by atoms with Crippen molar-refractivity contribution in [3.05, 3.63) is 41.2 Å². The third-order valence-electron chi connectivity index (χ3n) is 6.30. The van der Waals surface area contributed by atoms with Crippen molar-refractivity contribution < 1.29 is 5.11 Å². The highest BCUT2D eigenvalue weighted by atomic mass is 16.3. The van der Waals surface area contributed by atoms with Crippen molar-refractivity contribution in [3.63, 3.8) is 0 Å². The van der Waals surface area contributed by atoms with Crippen LogP contribution >= 0.6 is 0 Å². The number of phenols is 1. The van der Waals surface area contributed by atoms with Gasteiger partial charge >= 0.3 is 0 Å². The maximum absolute atomic E-state index is 11.3. The number of unbranched alkanes of at least 4 members (excludes halogenated alkanes) is 1. The van der Waals surface area contributed by atoms with Crippen molar-refractivity contribution >= 4 is 0 Å². The van der Waals surface area contributed by atoms with Crippen LogP contribution in [0.3, 0.4) is 0 Å². The lowest BCUT2D eigenvalue weighted by atomic mass is 9.77. The molecule has 0 saturated carbocycles. The largest absolute Gasteiger partial charge is 0.507 e. The number of benzene rings is 1. The van der Waals surface area contributed by atoms with E-state index in [4.69, 9.17) is 0 Å². The summed E-state index contributed by atoms with van der Waals surface area (Å²) in [6, 6.07) is 5.15. The van der Waals surface area contributed by atoms with Crippen molar-refractivity contribution in [3.8, 4) is 5.75 Å². The van der Waals surface area contributed by atoms with Gasteiger partial charge in [-0.25, -0.2) is 0 Å². The number of nitrogens with one attached hydrogen (secondary N) is 1. The van der Waals surface area contributed by atoms with Crippen LogP contribution in [-0.4, -0.2) is 40.7 Å². The molecule has 4 nitrogen and oxygen atoms in total. The molecule has 1 aromatic carbocycles. The molecule has 1 aromatic rings. The van der Waals surface area contributed by atoms with E-state index in [2.05, 4.69) is 102 Å². The molecule has 0 aromatic heterocycles. The van der Waals surface area contributed by atoms with Crippen LogP contribution in [0.2, 0.25) is 0 Å². The molecule has 176 valence electrons. The molecular weight excluding hydrogens is 382 g/mol. The normalized spacial score (nSPS) is 15.9. The lowest BCUT2D eigenvalue weighted by Crippen LogP contribution is -2.35. The number of nitrogens with zero attached hydrogens (tertiary/aromatic N) is 2. The van der Waals surface area contributed by atoms with Gasteiger partial charge in [-0.3, -0.25) is 0 Å². The lowest BCUT2D eigenvalue weighted by Gasteiger charge is -2.30. The molecule has 0 bridgehead atoms. The van der Waals surface area contributed by atoms with Gasteiger partial charge in [0.05, 0.1) is 6.67 Å². The summed E-state index contributed by atoms with van der Waals surface area (Å²) in [5, 5.41) is 15.1. The van der Waals surface area contributed by atoms with E-state index in [1.165, 1.54) is 5.56 Å². The zero-order chi connectivity index (χ0) is 23.4. The second-order valence-corrected chi connectivity index (χ2v) is 11.5. The van der Waals surface area contributed by atoms with Crippen molar-refractivity contribution in [1.29, 1.82) is 0 Å². The van der Waals surface area contributed by atoms with Crippen molar-refractivity contribution in [1.82, 2.24) is 15.1 Å². The fourth-order valence-corrected chi connectivity index (χ4v) is 4.05. The number of aromatic hydroxyl groups is 1. The van der Waals surface area contributed by atoms with Crippen LogP contribution < -0.4 is 5.32 Å². The molecule has 0 saturated heterocycles.